The van der Waals surface area contributed by atoms with Gasteiger partial charge in [-0.15, -0.1) is 0 Å². The monoisotopic (exact) mass is 282 g/mol. The van der Waals surface area contributed by atoms with Crippen molar-refractivity contribution in [2.75, 3.05) is 5.43 Å². The van der Waals surface area contributed by atoms with E-state index in [4.69, 9.17) is 0 Å². The number of aromatic carboxylic acids is 1. The third-order valence-corrected chi connectivity index (χ3v) is 3.48. The number of benzene rings is 1. The smallest absolute Gasteiger partial charge is 0.337 e. The molecule has 0 amide bonds. The molecular weight excluding hydrogens is 268 g/mol. The highest BCUT2D eigenvalue weighted by Crippen LogP contribution is 2.14. The molecule has 0 saturated heterocycles. The number of anilines is 1. The molecule has 21 heavy (non-hydrogen) atoms. The summed E-state index contributed by atoms with van der Waals surface area (Å²) >= 11 is 0. The summed E-state index contributed by atoms with van der Waals surface area (Å²) < 4.78 is 1.76. The molecule has 1 aromatic heterocycles. The lowest BCUT2D eigenvalue weighted by Crippen LogP contribution is -2.36. The van der Waals surface area contributed by atoms with Gasteiger partial charge in [0.1, 0.15) is 0 Å². The Bertz CT molecular complexity index is 862. The molecule has 0 atom stereocenters. The van der Waals surface area contributed by atoms with Gasteiger partial charge in [-0.2, -0.15) is 0 Å². The van der Waals surface area contributed by atoms with Crippen LogP contribution in [0.25, 0.3) is 12.2 Å². The molecule has 1 aliphatic carbocycles. The van der Waals surface area contributed by atoms with E-state index in [9.17, 15) is 14.7 Å². The Kier molecular flexibility index (Phi) is 3.10. The second-order valence-electron chi connectivity index (χ2n) is 4.96. The second kappa shape index (κ2) is 4.94. The van der Waals surface area contributed by atoms with Crippen LogP contribution in [0, 0.1) is 6.92 Å². The summed E-state index contributed by atoms with van der Waals surface area (Å²) in [5, 5.41) is 11.0. The molecule has 0 saturated carbocycles. The summed E-state index contributed by atoms with van der Waals surface area (Å²) in [4.78, 5) is 22.7. The molecule has 0 bridgehead atoms. The predicted octanol–water partition coefficient (Wildman–Crippen LogP) is 0.904. The number of aryl methyl sites for hydroxylation is 1. The van der Waals surface area contributed by atoms with Crippen molar-refractivity contribution in [2.45, 2.75) is 13.3 Å². The molecule has 106 valence electrons. The van der Waals surface area contributed by atoms with Crippen molar-refractivity contribution in [2.24, 2.45) is 0 Å². The van der Waals surface area contributed by atoms with E-state index in [1.54, 1.807) is 35.0 Å². The van der Waals surface area contributed by atoms with Crippen molar-refractivity contribution in [3.8, 4) is 0 Å². The van der Waals surface area contributed by atoms with Crippen LogP contribution < -0.4 is 16.0 Å². The van der Waals surface area contributed by atoms with Crippen molar-refractivity contribution in [3.05, 3.63) is 52.2 Å². The first-order chi connectivity index (χ1) is 10.1. The SMILES string of the molecule is Cc1cn(Nc2ccccc2C(=O)O)c2c1=CC(=O)CC=2. The highest BCUT2D eigenvalue weighted by atomic mass is 16.4. The number of rotatable bonds is 3. The Balaban J connectivity index is 2.10. The predicted molar refractivity (Wildman–Crippen MR) is 79.4 cm³/mol. The zero-order chi connectivity index (χ0) is 15.0. The summed E-state index contributed by atoms with van der Waals surface area (Å²) in [6.07, 6.45) is 5.70. The number of aromatic nitrogens is 1. The number of carbonyl (C=O) groups excluding carboxylic acids is 1. The first-order valence-electron chi connectivity index (χ1n) is 6.58. The number of carboxylic acid groups (broad SMARTS) is 1. The van der Waals surface area contributed by atoms with Gasteiger partial charge in [0.2, 0.25) is 0 Å². The first-order valence-corrected chi connectivity index (χ1v) is 6.58. The number of Topliss-reactive ketones (excluding diaryl/α,β-unsaturated/α-hetero) is 1. The van der Waals surface area contributed by atoms with Crippen LogP contribution in [0.2, 0.25) is 0 Å². The molecule has 5 heteroatoms. The average molecular weight is 282 g/mol. The Morgan fingerprint density at radius 2 is 2.10 bits per heavy atom. The molecule has 1 heterocycles. The van der Waals surface area contributed by atoms with Gasteiger partial charge in [-0.25, -0.2) is 4.79 Å². The van der Waals surface area contributed by atoms with E-state index >= 15 is 0 Å². The number of nitrogens with zero attached hydrogens (tertiary/aromatic N) is 1. The third-order valence-electron chi connectivity index (χ3n) is 3.48. The molecule has 3 rings (SSSR count). The van der Waals surface area contributed by atoms with E-state index in [1.807, 2.05) is 19.2 Å². The lowest BCUT2D eigenvalue weighted by atomic mass is 10.1. The lowest BCUT2D eigenvalue weighted by molar-refractivity contribution is -0.112. The van der Waals surface area contributed by atoms with Crippen LogP contribution >= 0.6 is 0 Å². The fourth-order valence-corrected chi connectivity index (χ4v) is 2.47. The van der Waals surface area contributed by atoms with Crippen LogP contribution in [0.15, 0.2) is 30.5 Å². The van der Waals surface area contributed by atoms with E-state index in [-0.39, 0.29) is 11.3 Å². The number of carbonyl (C=O) groups is 2. The van der Waals surface area contributed by atoms with Gasteiger partial charge in [-0.3, -0.25) is 14.9 Å². The molecule has 0 aliphatic heterocycles. The van der Waals surface area contributed by atoms with Crippen LogP contribution in [-0.4, -0.2) is 21.5 Å². The van der Waals surface area contributed by atoms with Crippen LogP contribution in [0.1, 0.15) is 22.3 Å². The largest absolute Gasteiger partial charge is 0.478 e. The molecule has 5 nitrogen and oxygen atoms in total. The summed E-state index contributed by atoms with van der Waals surface area (Å²) in [6.45, 7) is 1.92. The highest BCUT2D eigenvalue weighted by molar-refractivity contribution is 6.09. The number of nitrogens with one attached hydrogen (secondary N) is 1. The van der Waals surface area contributed by atoms with E-state index in [2.05, 4.69) is 5.43 Å². The Morgan fingerprint density at radius 1 is 1.33 bits per heavy atom. The van der Waals surface area contributed by atoms with Gasteiger partial charge in [0.15, 0.2) is 5.78 Å². The summed E-state index contributed by atoms with van der Waals surface area (Å²) in [5.74, 6) is -0.907. The van der Waals surface area contributed by atoms with E-state index in [0.29, 0.717) is 12.1 Å². The van der Waals surface area contributed by atoms with Crippen molar-refractivity contribution < 1.29 is 14.7 Å². The maximum Gasteiger partial charge on any atom is 0.337 e. The number of para-hydroxylation sites is 1. The minimum Gasteiger partial charge on any atom is -0.478 e. The Labute approximate surface area is 120 Å². The minimum atomic E-state index is -0.985. The zero-order valence-corrected chi connectivity index (χ0v) is 11.5. The topological polar surface area (TPSA) is 71.3 Å². The molecule has 0 fully saturated rings. The van der Waals surface area contributed by atoms with Crippen LogP contribution in [0.3, 0.4) is 0 Å². The maximum absolute atomic E-state index is 11.5. The van der Waals surface area contributed by atoms with E-state index < -0.39 is 5.97 Å². The van der Waals surface area contributed by atoms with Crippen molar-refractivity contribution in [1.82, 2.24) is 4.68 Å². The van der Waals surface area contributed by atoms with Crippen molar-refractivity contribution in [3.63, 3.8) is 0 Å². The number of carboxylic acids is 1. The summed E-state index contributed by atoms with van der Waals surface area (Å²) in [7, 11) is 0. The quantitative estimate of drug-likeness (QED) is 0.877. The van der Waals surface area contributed by atoms with E-state index in [1.165, 1.54) is 0 Å². The van der Waals surface area contributed by atoms with Gasteiger partial charge in [0.25, 0.3) is 0 Å². The molecule has 2 N–H and O–H groups in total. The number of ketones is 1. The van der Waals surface area contributed by atoms with Crippen molar-refractivity contribution >= 4 is 29.6 Å². The minimum absolute atomic E-state index is 0.0780. The maximum atomic E-state index is 11.5. The van der Waals surface area contributed by atoms with Crippen LogP contribution in [-0.2, 0) is 4.79 Å². The Hall–Kier alpha value is -2.82. The highest BCUT2D eigenvalue weighted by Gasteiger charge is 2.12. The summed E-state index contributed by atoms with van der Waals surface area (Å²) in [6, 6.07) is 6.72. The van der Waals surface area contributed by atoms with Gasteiger partial charge >= 0.3 is 5.97 Å². The van der Waals surface area contributed by atoms with Gasteiger partial charge in [0, 0.05) is 17.8 Å². The van der Waals surface area contributed by atoms with Gasteiger partial charge in [-0.05, 0) is 30.7 Å². The van der Waals surface area contributed by atoms with Gasteiger partial charge in [0.05, 0.1) is 16.6 Å². The van der Waals surface area contributed by atoms with Gasteiger partial charge < -0.3 is 5.11 Å². The fraction of sp³-hybridized carbons (Fsp3) is 0.125. The third kappa shape index (κ3) is 2.33. The van der Waals surface area contributed by atoms with Crippen LogP contribution in [0.4, 0.5) is 5.69 Å². The molecule has 2 aromatic rings. The molecule has 0 unspecified atom stereocenters. The number of fused-ring (bicyclic) bond motifs is 1. The second-order valence-corrected chi connectivity index (χ2v) is 4.96. The molecular formula is C16H14N2O3. The molecule has 1 aliphatic rings. The number of hydrogen-bond acceptors (Lipinski definition) is 3. The number of hydrogen-bond donors (Lipinski definition) is 2. The molecule has 0 spiro atoms. The Morgan fingerprint density at radius 3 is 2.86 bits per heavy atom. The van der Waals surface area contributed by atoms with Gasteiger partial charge in [-0.1, -0.05) is 18.2 Å². The van der Waals surface area contributed by atoms with Crippen LogP contribution in [0.5, 0.6) is 0 Å². The fourth-order valence-electron chi connectivity index (χ4n) is 2.47. The summed E-state index contributed by atoms with van der Waals surface area (Å²) in [5.41, 5.74) is 4.77. The first kappa shape index (κ1) is 13.2. The van der Waals surface area contributed by atoms with E-state index in [0.717, 1.165) is 16.1 Å². The average Bonchev–Trinajstić information content (AvgIpc) is 2.75. The zero-order valence-electron chi connectivity index (χ0n) is 11.5. The lowest BCUT2D eigenvalue weighted by Gasteiger charge is -2.11. The van der Waals surface area contributed by atoms with Crippen molar-refractivity contribution in [1.29, 1.82) is 0 Å². The molecule has 0 radical (unpaired) electrons. The standard InChI is InChI=1S/C16H14N2O3/c1-10-9-18(15-7-6-11(19)8-13(10)15)17-14-5-3-2-4-12(14)16(20)21/h2-5,7-9,17H,6H2,1H3,(H,20,21). The normalized spacial score (nSPS) is 13.1. The molecule has 1 aromatic carbocycles.